The van der Waals surface area contributed by atoms with Gasteiger partial charge in [0, 0.05) is 9.40 Å². The summed E-state index contributed by atoms with van der Waals surface area (Å²) in [5.41, 5.74) is 6.75. The molecule has 2 aromatic rings. The first-order valence-corrected chi connectivity index (χ1v) is 10.8. The van der Waals surface area contributed by atoms with Crippen LogP contribution in [0.2, 0.25) is 0 Å². The van der Waals surface area contributed by atoms with Crippen molar-refractivity contribution in [2.75, 3.05) is 0 Å². The molecule has 0 N–H and O–H groups in total. The molecule has 6 rings (SSSR count). The summed E-state index contributed by atoms with van der Waals surface area (Å²) in [6.45, 7) is 2.13. The van der Waals surface area contributed by atoms with Gasteiger partial charge in [-0.2, -0.15) is 0 Å². The highest BCUT2D eigenvalue weighted by atomic mass is 32.1. The van der Waals surface area contributed by atoms with Gasteiger partial charge in [-0.1, -0.05) is 60.2 Å². The topological polar surface area (TPSA) is 0 Å². The molecule has 2 aromatic heterocycles. The Kier molecular flexibility index (Phi) is 4.16. The monoisotopic (exact) mass is 382 g/mol. The Hall–Kier alpha value is -2.68. The zero-order valence-corrected chi connectivity index (χ0v) is 16.6. The van der Waals surface area contributed by atoms with Gasteiger partial charge in [-0.3, -0.25) is 0 Å². The minimum Gasteiger partial charge on any atom is -0.143 e. The summed E-state index contributed by atoms with van der Waals surface area (Å²) in [6, 6.07) is 28.3. The third kappa shape index (κ3) is 3.01. The lowest BCUT2D eigenvalue weighted by molar-refractivity contribution is 1.52. The molecule has 0 saturated heterocycles. The molecule has 0 unspecified atom stereocenters. The minimum atomic E-state index is 1.31. The van der Waals surface area contributed by atoms with Crippen molar-refractivity contribution in [3.05, 3.63) is 95.2 Å². The van der Waals surface area contributed by atoms with E-state index in [4.69, 9.17) is 0 Å². The van der Waals surface area contributed by atoms with Crippen LogP contribution in [0.5, 0.6) is 0 Å². The number of fused-ring (bicyclic) bond motifs is 6. The Morgan fingerprint density at radius 1 is 0.556 bits per heavy atom. The van der Waals surface area contributed by atoms with Crippen LogP contribution in [0.1, 0.15) is 5.56 Å². The quantitative estimate of drug-likeness (QED) is 0.248. The van der Waals surface area contributed by atoms with Crippen LogP contribution < -0.4 is 0 Å². The summed E-state index contributed by atoms with van der Waals surface area (Å²) in [5.74, 6) is 0. The minimum absolute atomic E-state index is 1.31. The molecule has 0 bridgehead atoms. The van der Waals surface area contributed by atoms with Gasteiger partial charge in [0.05, 0.1) is 0 Å². The van der Waals surface area contributed by atoms with Crippen LogP contribution in [-0.4, -0.2) is 0 Å². The van der Waals surface area contributed by atoms with Crippen LogP contribution >= 0.6 is 22.7 Å². The third-order valence-corrected chi connectivity index (χ3v) is 6.85. The number of hydrogen-bond acceptors (Lipinski definition) is 2. The van der Waals surface area contributed by atoms with Crippen LogP contribution in [0, 0.1) is 6.92 Å². The van der Waals surface area contributed by atoms with Crippen LogP contribution in [-0.2, 0) is 0 Å². The maximum Gasteiger partial charge on any atom is 0.0421 e. The molecule has 0 aromatic carbocycles. The van der Waals surface area contributed by atoms with E-state index >= 15 is 0 Å². The number of rotatable bonds is 0. The molecular weight excluding hydrogens is 364 g/mol. The summed E-state index contributed by atoms with van der Waals surface area (Å²) in [7, 11) is 0. The van der Waals surface area contributed by atoms with Gasteiger partial charge < -0.3 is 0 Å². The van der Waals surface area contributed by atoms with Crippen molar-refractivity contribution >= 4 is 42.8 Å². The first-order chi connectivity index (χ1) is 13.3. The van der Waals surface area contributed by atoms with E-state index in [-0.39, 0.29) is 0 Å². The summed E-state index contributed by atoms with van der Waals surface area (Å²) >= 11 is 3.64. The number of thiophene rings is 2. The van der Waals surface area contributed by atoms with Crippen LogP contribution in [0.15, 0.2) is 89.6 Å². The highest BCUT2D eigenvalue weighted by molar-refractivity contribution is 7.18. The Balaban J connectivity index is 0.000000119. The fourth-order valence-corrected chi connectivity index (χ4v) is 5.40. The first kappa shape index (κ1) is 16.5. The van der Waals surface area contributed by atoms with Crippen LogP contribution in [0.4, 0.5) is 0 Å². The second-order valence-corrected chi connectivity index (χ2v) is 8.59. The lowest BCUT2D eigenvalue weighted by Crippen LogP contribution is -1.61. The molecule has 27 heavy (non-hydrogen) atoms. The summed E-state index contributed by atoms with van der Waals surface area (Å²) < 4.78 is 2.82. The molecule has 0 nitrogen and oxygen atoms in total. The van der Waals surface area contributed by atoms with E-state index < -0.39 is 0 Å². The molecule has 0 radical (unpaired) electrons. The second-order valence-electron chi connectivity index (χ2n) is 6.76. The van der Waals surface area contributed by atoms with E-state index in [0.717, 1.165) is 0 Å². The van der Waals surface area contributed by atoms with E-state index in [1.54, 1.807) is 0 Å². The Labute approximate surface area is 167 Å². The maximum absolute atomic E-state index is 2.26. The summed E-state index contributed by atoms with van der Waals surface area (Å²) in [5, 5.41) is 7.04. The lowest BCUT2D eigenvalue weighted by Gasteiger charge is -1.88. The van der Waals surface area contributed by atoms with E-state index in [2.05, 4.69) is 96.5 Å². The predicted octanol–water partition coefficient (Wildman–Crippen LogP) is 8.32. The van der Waals surface area contributed by atoms with E-state index in [1.165, 1.54) is 48.0 Å². The van der Waals surface area contributed by atoms with E-state index in [0.29, 0.717) is 0 Å². The average molecular weight is 383 g/mol. The Bertz CT molecular complexity index is 1290. The van der Waals surface area contributed by atoms with Crippen molar-refractivity contribution in [1.82, 2.24) is 0 Å². The molecule has 0 spiro atoms. The van der Waals surface area contributed by atoms with Gasteiger partial charge >= 0.3 is 0 Å². The molecule has 4 aliphatic rings. The van der Waals surface area contributed by atoms with Crippen LogP contribution in [0.3, 0.4) is 0 Å². The van der Waals surface area contributed by atoms with Gasteiger partial charge in [0.25, 0.3) is 0 Å². The summed E-state index contributed by atoms with van der Waals surface area (Å²) in [6.07, 6.45) is 0. The fraction of sp³-hybridized carbons (Fsp3) is 0.0400. The Morgan fingerprint density at radius 2 is 1.15 bits per heavy atom. The highest BCUT2D eigenvalue weighted by Gasteiger charge is 2.09. The van der Waals surface area contributed by atoms with Gasteiger partial charge in [-0.15, -0.1) is 22.7 Å². The molecule has 0 fully saturated rings. The molecule has 2 heterocycles. The highest BCUT2D eigenvalue weighted by Crippen LogP contribution is 2.37. The normalized spacial score (nSPS) is 11.1. The fourth-order valence-electron chi connectivity index (χ4n) is 3.54. The largest absolute Gasteiger partial charge is 0.143 e. The van der Waals surface area contributed by atoms with Gasteiger partial charge in [0.15, 0.2) is 0 Å². The Morgan fingerprint density at radius 3 is 1.89 bits per heavy atom. The third-order valence-electron chi connectivity index (χ3n) is 4.92. The second kappa shape index (κ2) is 6.80. The molecule has 2 heteroatoms. The standard InChI is InChI=1S/C13H10S.C12H8S/c1-9-2-4-10-8-11-6-7-14-13(11)12(10)5-3-9;1-2-4-9-8-10-6-7-13-12(10)11(9)5-3-1/h2-8H,1H3;1-8H. The van der Waals surface area contributed by atoms with E-state index in [1.807, 2.05) is 22.7 Å². The van der Waals surface area contributed by atoms with Gasteiger partial charge in [-0.25, -0.2) is 0 Å². The number of aryl methyl sites for hydroxylation is 1. The zero-order valence-electron chi connectivity index (χ0n) is 15.0. The van der Waals surface area contributed by atoms with Gasteiger partial charge in [0.2, 0.25) is 0 Å². The predicted molar refractivity (Wildman–Crippen MR) is 122 cm³/mol. The molecular formula is C25H18S2. The van der Waals surface area contributed by atoms with Gasteiger partial charge in [0.1, 0.15) is 0 Å². The van der Waals surface area contributed by atoms with Gasteiger partial charge in [-0.05, 0) is 75.0 Å². The maximum atomic E-state index is 2.26. The van der Waals surface area contributed by atoms with Crippen LogP contribution in [0.25, 0.3) is 42.4 Å². The molecule has 4 aliphatic carbocycles. The molecule has 0 saturated carbocycles. The SMILES string of the molecule is Cc1ccc2cc3ccsc3c-2cc1.c1ccc2cc3ccsc3c-2cc1. The van der Waals surface area contributed by atoms with Crippen molar-refractivity contribution in [1.29, 1.82) is 0 Å². The average Bonchev–Trinajstić information content (AvgIpc) is 3.37. The molecule has 0 amide bonds. The van der Waals surface area contributed by atoms with Crippen molar-refractivity contribution in [3.63, 3.8) is 0 Å². The molecule has 0 atom stereocenters. The van der Waals surface area contributed by atoms with Crippen molar-refractivity contribution in [2.24, 2.45) is 0 Å². The van der Waals surface area contributed by atoms with Crippen molar-refractivity contribution in [2.45, 2.75) is 6.92 Å². The van der Waals surface area contributed by atoms with Crippen molar-refractivity contribution < 1.29 is 0 Å². The number of hydrogen-bond donors (Lipinski definition) is 0. The molecule has 130 valence electrons. The first-order valence-electron chi connectivity index (χ1n) is 9.01. The molecule has 0 aliphatic heterocycles. The smallest absolute Gasteiger partial charge is 0.0421 e. The van der Waals surface area contributed by atoms with E-state index in [9.17, 15) is 0 Å². The summed E-state index contributed by atoms with van der Waals surface area (Å²) in [4.78, 5) is 0. The zero-order chi connectivity index (χ0) is 18.2. The van der Waals surface area contributed by atoms with Crippen molar-refractivity contribution in [3.8, 4) is 22.3 Å². The lowest BCUT2D eigenvalue weighted by atomic mass is 10.2.